The van der Waals surface area contributed by atoms with E-state index in [4.69, 9.17) is 0 Å². The van der Waals surface area contributed by atoms with Gasteiger partial charge in [0.1, 0.15) is 0 Å². The minimum atomic E-state index is -4.62. The van der Waals surface area contributed by atoms with E-state index in [0.29, 0.717) is 6.07 Å². The third-order valence-corrected chi connectivity index (χ3v) is 2.89. The Morgan fingerprint density at radius 1 is 1.33 bits per heavy atom. The highest BCUT2D eigenvalue weighted by atomic mass is 32.2. The number of carbonyl (C=O) groups excluding carboxylic acids is 1. The summed E-state index contributed by atoms with van der Waals surface area (Å²) < 4.78 is 61.7. The molecule has 1 aromatic rings. The molecular weight excluding hydrogens is 275 g/mol. The molecule has 0 amide bonds. The summed E-state index contributed by atoms with van der Waals surface area (Å²) in [5, 5.41) is 0. The Hall–Kier alpha value is -1.11. The molecule has 0 unspecified atom stereocenters. The van der Waals surface area contributed by atoms with Gasteiger partial charge in [-0.1, -0.05) is 13.0 Å². The van der Waals surface area contributed by atoms with Gasteiger partial charge in [0.15, 0.2) is 5.78 Å². The van der Waals surface area contributed by atoms with E-state index in [9.17, 15) is 26.7 Å². The number of carbonyl (C=O) groups is 1. The van der Waals surface area contributed by atoms with Crippen LogP contribution in [0.4, 0.5) is 22.0 Å². The van der Waals surface area contributed by atoms with Crippen LogP contribution in [0.2, 0.25) is 0 Å². The first-order chi connectivity index (χ1) is 8.24. The van der Waals surface area contributed by atoms with Gasteiger partial charge >= 0.3 is 5.51 Å². The summed E-state index contributed by atoms with van der Waals surface area (Å²) in [6, 6.07) is 2.70. The molecule has 0 N–H and O–H groups in total. The van der Waals surface area contributed by atoms with Crippen molar-refractivity contribution >= 4 is 17.5 Å². The van der Waals surface area contributed by atoms with Crippen LogP contribution in [0, 0.1) is 0 Å². The first-order valence-electron chi connectivity index (χ1n) is 4.95. The summed E-state index contributed by atoms with van der Waals surface area (Å²) in [4.78, 5) is 11.0. The van der Waals surface area contributed by atoms with Gasteiger partial charge in [-0.3, -0.25) is 4.79 Å². The molecular formula is C11H9F5OS. The number of hydrogen-bond acceptors (Lipinski definition) is 2. The van der Waals surface area contributed by atoms with Crippen molar-refractivity contribution in [3.05, 3.63) is 29.3 Å². The maximum Gasteiger partial charge on any atom is 0.446 e. The Balaban J connectivity index is 3.22. The highest BCUT2D eigenvalue weighted by Gasteiger charge is 2.31. The quantitative estimate of drug-likeness (QED) is 0.447. The largest absolute Gasteiger partial charge is 0.446 e. The lowest BCUT2D eigenvalue weighted by molar-refractivity contribution is -0.0328. The Morgan fingerprint density at radius 2 is 1.94 bits per heavy atom. The molecule has 100 valence electrons. The van der Waals surface area contributed by atoms with Gasteiger partial charge in [0, 0.05) is 22.4 Å². The molecule has 0 heterocycles. The van der Waals surface area contributed by atoms with Crippen molar-refractivity contribution in [2.24, 2.45) is 0 Å². The summed E-state index contributed by atoms with van der Waals surface area (Å²) in [6.45, 7) is 1.49. The molecule has 0 spiro atoms. The van der Waals surface area contributed by atoms with Gasteiger partial charge in [0.05, 0.1) is 0 Å². The van der Waals surface area contributed by atoms with Gasteiger partial charge in [0.2, 0.25) is 0 Å². The van der Waals surface area contributed by atoms with E-state index in [2.05, 4.69) is 0 Å². The van der Waals surface area contributed by atoms with Crippen molar-refractivity contribution in [2.45, 2.75) is 30.2 Å². The van der Waals surface area contributed by atoms with E-state index >= 15 is 0 Å². The number of alkyl halides is 5. The van der Waals surface area contributed by atoms with Crippen LogP contribution in [0.3, 0.4) is 0 Å². The van der Waals surface area contributed by atoms with Crippen LogP contribution in [0.5, 0.6) is 0 Å². The molecule has 0 aromatic heterocycles. The average Bonchev–Trinajstić information content (AvgIpc) is 2.25. The molecule has 1 aromatic carbocycles. The van der Waals surface area contributed by atoms with Crippen molar-refractivity contribution in [1.29, 1.82) is 0 Å². The SMILES string of the molecule is CCC(=O)c1ccc(C(F)F)cc1SC(F)(F)F. The fourth-order valence-corrected chi connectivity index (χ4v) is 2.04. The number of rotatable bonds is 4. The predicted octanol–water partition coefficient (Wildman–Crippen LogP) is 4.83. The molecule has 0 bridgehead atoms. The molecule has 0 aliphatic rings. The van der Waals surface area contributed by atoms with E-state index in [1.807, 2.05) is 0 Å². The molecule has 1 nitrogen and oxygen atoms in total. The van der Waals surface area contributed by atoms with Crippen molar-refractivity contribution in [3.63, 3.8) is 0 Å². The zero-order valence-electron chi connectivity index (χ0n) is 9.22. The Kier molecular flexibility index (Phi) is 4.72. The van der Waals surface area contributed by atoms with Gasteiger partial charge in [0.25, 0.3) is 6.43 Å². The van der Waals surface area contributed by atoms with E-state index in [-0.39, 0.29) is 12.0 Å². The van der Waals surface area contributed by atoms with Crippen LogP contribution < -0.4 is 0 Å². The van der Waals surface area contributed by atoms with Gasteiger partial charge in [-0.2, -0.15) is 13.2 Å². The van der Waals surface area contributed by atoms with Gasteiger partial charge < -0.3 is 0 Å². The number of thioether (sulfide) groups is 1. The molecule has 7 heteroatoms. The average molecular weight is 284 g/mol. The minimum Gasteiger partial charge on any atom is -0.294 e. The molecule has 0 aliphatic carbocycles. The summed E-state index contributed by atoms with van der Waals surface area (Å²) in [6.07, 6.45) is -2.86. The first-order valence-corrected chi connectivity index (χ1v) is 5.77. The van der Waals surface area contributed by atoms with Crippen molar-refractivity contribution < 1.29 is 26.7 Å². The Labute approximate surface area is 104 Å². The second-order valence-electron chi connectivity index (χ2n) is 3.38. The zero-order chi connectivity index (χ0) is 13.9. The summed E-state index contributed by atoms with van der Waals surface area (Å²) in [5.74, 6) is -0.512. The van der Waals surface area contributed by atoms with Crippen molar-refractivity contribution in [2.75, 3.05) is 0 Å². The third-order valence-electron chi connectivity index (χ3n) is 2.10. The van der Waals surface area contributed by atoms with Crippen molar-refractivity contribution in [3.8, 4) is 0 Å². The molecule has 0 radical (unpaired) electrons. The predicted molar refractivity (Wildman–Crippen MR) is 57.9 cm³/mol. The molecule has 0 saturated heterocycles. The van der Waals surface area contributed by atoms with E-state index in [0.717, 1.165) is 12.1 Å². The second kappa shape index (κ2) is 5.69. The normalized spacial score (nSPS) is 11.9. The number of benzene rings is 1. The summed E-state index contributed by atoms with van der Waals surface area (Å²) >= 11 is -0.552. The molecule has 0 saturated carbocycles. The van der Waals surface area contributed by atoms with E-state index in [1.54, 1.807) is 0 Å². The fraction of sp³-hybridized carbons (Fsp3) is 0.364. The number of ketones is 1. The van der Waals surface area contributed by atoms with Crippen LogP contribution in [0.25, 0.3) is 0 Å². The number of halogens is 5. The highest BCUT2D eigenvalue weighted by molar-refractivity contribution is 8.00. The molecule has 0 atom stereocenters. The third kappa shape index (κ3) is 3.97. The van der Waals surface area contributed by atoms with Crippen LogP contribution >= 0.6 is 11.8 Å². The zero-order valence-corrected chi connectivity index (χ0v) is 10.0. The lowest BCUT2D eigenvalue weighted by atomic mass is 10.1. The summed E-state index contributed by atoms with van der Waals surface area (Å²) in [7, 11) is 0. The molecule has 18 heavy (non-hydrogen) atoms. The fourth-order valence-electron chi connectivity index (χ4n) is 1.30. The molecule has 0 aliphatic heterocycles. The number of hydrogen-bond donors (Lipinski definition) is 0. The van der Waals surface area contributed by atoms with Crippen molar-refractivity contribution in [1.82, 2.24) is 0 Å². The van der Waals surface area contributed by atoms with E-state index < -0.39 is 39.9 Å². The van der Waals surface area contributed by atoms with Gasteiger partial charge in [-0.05, 0) is 23.9 Å². The number of Topliss-reactive ketones (excluding diaryl/α,β-unsaturated/α-hetero) is 1. The van der Waals surface area contributed by atoms with Crippen LogP contribution in [-0.4, -0.2) is 11.3 Å². The second-order valence-corrected chi connectivity index (χ2v) is 4.49. The van der Waals surface area contributed by atoms with Gasteiger partial charge in [-0.15, -0.1) is 0 Å². The smallest absolute Gasteiger partial charge is 0.294 e. The highest BCUT2D eigenvalue weighted by Crippen LogP contribution is 2.40. The maximum absolute atomic E-state index is 12.4. The monoisotopic (exact) mass is 284 g/mol. The lowest BCUT2D eigenvalue weighted by Crippen LogP contribution is -2.05. The van der Waals surface area contributed by atoms with E-state index in [1.165, 1.54) is 6.92 Å². The topological polar surface area (TPSA) is 17.1 Å². The lowest BCUT2D eigenvalue weighted by Gasteiger charge is -2.11. The first kappa shape index (κ1) is 14.9. The Morgan fingerprint density at radius 3 is 2.39 bits per heavy atom. The van der Waals surface area contributed by atoms with Gasteiger partial charge in [-0.25, -0.2) is 8.78 Å². The summed E-state index contributed by atoms with van der Waals surface area (Å²) in [5.41, 5.74) is -5.33. The molecule has 1 rings (SSSR count). The minimum absolute atomic E-state index is 0.0133. The van der Waals surface area contributed by atoms with Crippen LogP contribution in [-0.2, 0) is 0 Å². The van der Waals surface area contributed by atoms with Crippen LogP contribution in [0.1, 0.15) is 35.7 Å². The van der Waals surface area contributed by atoms with Crippen LogP contribution in [0.15, 0.2) is 23.1 Å². The maximum atomic E-state index is 12.4. The molecule has 0 fully saturated rings. The standard InChI is InChI=1S/C11H9F5OS/c1-2-8(17)7-4-3-6(10(12)13)5-9(7)18-11(14,15)16/h3-5,10H,2H2,1H3. The Bertz CT molecular complexity index is 442.